The first-order valence-corrected chi connectivity index (χ1v) is 21.7. The van der Waals surface area contributed by atoms with Gasteiger partial charge >= 0.3 is 0 Å². The molecule has 2 unspecified atom stereocenters. The minimum atomic E-state index is -0.589. The number of carbonyl (C=O) groups is 4. The molecule has 3 heterocycles. The number of aryl methyl sites for hydroxylation is 1. The van der Waals surface area contributed by atoms with Gasteiger partial charge < -0.3 is 30.8 Å². The molecule has 2 atom stereocenters. The molecule has 5 N–H and O–H groups in total. The molecule has 0 bridgehead atoms. The van der Waals surface area contributed by atoms with Crippen LogP contribution in [0.15, 0.2) is 128 Å². The highest BCUT2D eigenvalue weighted by atomic mass is 16.2. The van der Waals surface area contributed by atoms with Gasteiger partial charge in [0.2, 0.25) is 23.6 Å². The normalized spacial score (nSPS) is 15.5. The number of aromatic nitrogens is 4. The predicted octanol–water partition coefficient (Wildman–Crippen LogP) is 7.31. The number of nitrogens with zero attached hydrogens (tertiary/aromatic N) is 3. The molecule has 4 aromatic carbocycles. The molecule has 0 radical (unpaired) electrons. The molecule has 322 valence electrons. The fourth-order valence-electron chi connectivity index (χ4n) is 7.14. The van der Waals surface area contributed by atoms with Crippen LogP contribution in [0.25, 0.3) is 22.5 Å². The fraction of sp³-hybridized carbons (Fsp3) is 0.294. The molecular formula is C51H54N8O4. The molecule has 2 saturated carbocycles. The Morgan fingerprint density at radius 2 is 1.24 bits per heavy atom. The van der Waals surface area contributed by atoms with E-state index in [0.717, 1.165) is 95.8 Å². The Hall–Kier alpha value is -7.26. The van der Waals surface area contributed by atoms with Crippen molar-refractivity contribution in [1.82, 2.24) is 40.8 Å². The number of aromatic amines is 2. The van der Waals surface area contributed by atoms with Gasteiger partial charge in [0, 0.05) is 43.0 Å². The van der Waals surface area contributed by atoms with E-state index in [2.05, 4.69) is 66.8 Å². The highest BCUT2D eigenvalue weighted by Gasteiger charge is 2.34. The molecule has 63 heavy (non-hydrogen) atoms. The van der Waals surface area contributed by atoms with Crippen molar-refractivity contribution in [3.05, 3.63) is 156 Å². The number of carbonyl (C=O) groups excluding carboxylic acids is 4. The van der Waals surface area contributed by atoms with E-state index >= 15 is 0 Å². The summed E-state index contributed by atoms with van der Waals surface area (Å²) in [5, 5.41) is 8.16. The maximum Gasteiger partial charge on any atom is 0.246 e. The Morgan fingerprint density at radius 1 is 0.698 bits per heavy atom. The molecule has 2 aliphatic carbocycles. The van der Waals surface area contributed by atoms with Crippen molar-refractivity contribution in [3.63, 3.8) is 0 Å². The molecule has 1 saturated heterocycles. The van der Waals surface area contributed by atoms with E-state index in [0.29, 0.717) is 6.54 Å². The summed E-state index contributed by atoms with van der Waals surface area (Å²) in [6.45, 7) is 2.81. The number of hydrogen-bond acceptors (Lipinski definition) is 6. The summed E-state index contributed by atoms with van der Waals surface area (Å²) in [4.78, 5) is 65.8. The summed E-state index contributed by atoms with van der Waals surface area (Å²) in [5.74, 6) is 8.16. The van der Waals surface area contributed by atoms with Gasteiger partial charge in [0.05, 0.1) is 36.4 Å². The van der Waals surface area contributed by atoms with Crippen LogP contribution in [0, 0.1) is 23.7 Å². The standard InChI is InChI=1S/C32H32N6O2.C13H16N2O2.C6H6/c1-2-29-33-18-26(36-29)23-11-7-21(8-12-23)5-6-22-9-13-24(14-10-22)27-19-34-31(37-27)28-4-3-17-38(28)30(39)20-35-32(40)25-15-16-25;1-14-13(17)11(9-5-3-2-4-6-9)15-12(16)10-7-8-10;1-2-4-6-5-3-1/h7-14,18-19,25,28H,2-4,15-17,20H2,1H3,(H,33,36)(H,34,37)(H,35,40);2-6,10-11H,7-8H2,1H3,(H,14,17)(H,15,16);1-6H. The van der Waals surface area contributed by atoms with Crippen LogP contribution < -0.4 is 16.0 Å². The number of imidazole rings is 2. The average molecular weight is 843 g/mol. The van der Waals surface area contributed by atoms with Crippen molar-refractivity contribution < 1.29 is 19.2 Å². The second-order valence-corrected chi connectivity index (χ2v) is 15.8. The van der Waals surface area contributed by atoms with Gasteiger partial charge in [0.1, 0.15) is 17.7 Å². The molecular weight excluding hydrogens is 789 g/mol. The topological polar surface area (TPSA) is 165 Å². The summed E-state index contributed by atoms with van der Waals surface area (Å²) in [7, 11) is 1.57. The Morgan fingerprint density at radius 3 is 1.78 bits per heavy atom. The van der Waals surface area contributed by atoms with Gasteiger partial charge in [0.15, 0.2) is 0 Å². The summed E-state index contributed by atoms with van der Waals surface area (Å²) in [6.07, 6.45) is 10.1. The monoisotopic (exact) mass is 842 g/mol. The zero-order valence-electron chi connectivity index (χ0n) is 35.8. The fourth-order valence-corrected chi connectivity index (χ4v) is 7.14. The third kappa shape index (κ3) is 12.4. The molecule has 2 aromatic heterocycles. The number of rotatable bonds is 11. The van der Waals surface area contributed by atoms with Gasteiger partial charge in [-0.2, -0.15) is 0 Å². The van der Waals surface area contributed by atoms with Gasteiger partial charge in [-0.15, -0.1) is 0 Å². The summed E-state index contributed by atoms with van der Waals surface area (Å²) in [5.41, 5.74) is 6.69. The van der Waals surface area contributed by atoms with Crippen molar-refractivity contribution in [2.45, 2.75) is 64.0 Å². The summed E-state index contributed by atoms with van der Waals surface area (Å²) < 4.78 is 0. The van der Waals surface area contributed by atoms with Crippen LogP contribution in [0.3, 0.4) is 0 Å². The second kappa shape index (κ2) is 21.5. The molecule has 12 nitrogen and oxygen atoms in total. The molecule has 6 aromatic rings. The Labute approximate surface area is 368 Å². The van der Waals surface area contributed by atoms with Crippen LogP contribution in [-0.4, -0.2) is 68.6 Å². The SMILES string of the molecule is CCc1ncc(-c2ccc(C#Cc3ccc(-c4cnc(C5CCCN5C(=O)CNC(=O)C5CC5)[nH]4)cc3)cc2)[nH]1.CNC(=O)C(NC(=O)C1CC1)c1ccccc1.c1ccccc1. The Kier molecular flexibility index (Phi) is 15.0. The van der Waals surface area contributed by atoms with Gasteiger partial charge in [0.25, 0.3) is 0 Å². The van der Waals surface area contributed by atoms with Crippen molar-refractivity contribution in [1.29, 1.82) is 0 Å². The van der Waals surface area contributed by atoms with Crippen LogP contribution in [0.4, 0.5) is 0 Å². The quantitative estimate of drug-likeness (QED) is 0.0860. The first kappa shape index (κ1) is 43.8. The zero-order chi connectivity index (χ0) is 44.0. The lowest BCUT2D eigenvalue weighted by Gasteiger charge is -2.23. The summed E-state index contributed by atoms with van der Waals surface area (Å²) in [6, 6.07) is 36.8. The lowest BCUT2D eigenvalue weighted by Crippen LogP contribution is -2.40. The van der Waals surface area contributed by atoms with E-state index in [4.69, 9.17) is 0 Å². The predicted molar refractivity (Wildman–Crippen MR) is 243 cm³/mol. The number of H-pyrrole nitrogens is 2. The minimum Gasteiger partial charge on any atom is -0.357 e. The molecule has 3 fully saturated rings. The zero-order valence-corrected chi connectivity index (χ0v) is 35.8. The maximum absolute atomic E-state index is 12.8. The highest BCUT2D eigenvalue weighted by molar-refractivity contribution is 5.90. The van der Waals surface area contributed by atoms with Crippen LogP contribution in [0.2, 0.25) is 0 Å². The molecule has 4 amide bonds. The minimum absolute atomic E-state index is 0.00818. The number of likely N-dealkylation sites (tertiary alicyclic amines) is 1. The van der Waals surface area contributed by atoms with E-state index in [-0.39, 0.29) is 48.1 Å². The number of amides is 4. The van der Waals surface area contributed by atoms with Crippen LogP contribution in [0.1, 0.15) is 85.9 Å². The van der Waals surface area contributed by atoms with Crippen LogP contribution >= 0.6 is 0 Å². The van der Waals surface area contributed by atoms with Crippen molar-refractivity contribution in [2.24, 2.45) is 11.8 Å². The highest BCUT2D eigenvalue weighted by Crippen LogP contribution is 2.33. The van der Waals surface area contributed by atoms with Gasteiger partial charge in [-0.05, 0) is 79.5 Å². The summed E-state index contributed by atoms with van der Waals surface area (Å²) >= 11 is 0. The number of nitrogens with one attached hydrogen (secondary N) is 5. The number of likely N-dealkylation sites (N-methyl/N-ethyl adjacent to an activating group) is 1. The Balaban J connectivity index is 0.000000212. The van der Waals surface area contributed by atoms with Crippen molar-refractivity contribution in [3.8, 4) is 34.4 Å². The second-order valence-electron chi connectivity index (χ2n) is 15.8. The van der Waals surface area contributed by atoms with Gasteiger partial charge in [-0.25, -0.2) is 9.97 Å². The number of hydrogen-bond donors (Lipinski definition) is 5. The third-order valence-corrected chi connectivity index (χ3v) is 11.1. The first-order chi connectivity index (χ1) is 30.8. The third-order valence-electron chi connectivity index (χ3n) is 11.1. The Bertz CT molecular complexity index is 2470. The lowest BCUT2D eigenvalue weighted by molar-refractivity contribution is -0.134. The smallest absolute Gasteiger partial charge is 0.246 e. The van der Waals surface area contributed by atoms with Crippen molar-refractivity contribution in [2.75, 3.05) is 20.1 Å². The lowest BCUT2D eigenvalue weighted by atomic mass is 10.1. The molecule has 12 heteroatoms. The van der Waals surface area contributed by atoms with Gasteiger partial charge in [-0.3, -0.25) is 19.2 Å². The average Bonchev–Trinajstić information content (AvgIpc) is 4.22. The van der Waals surface area contributed by atoms with Crippen LogP contribution in [-0.2, 0) is 25.6 Å². The maximum atomic E-state index is 12.8. The van der Waals surface area contributed by atoms with E-state index in [1.165, 1.54) is 0 Å². The van der Waals surface area contributed by atoms with Gasteiger partial charge in [-0.1, -0.05) is 110 Å². The first-order valence-electron chi connectivity index (χ1n) is 21.7. The molecule has 9 rings (SSSR count). The largest absolute Gasteiger partial charge is 0.357 e. The number of benzene rings is 4. The van der Waals surface area contributed by atoms with Crippen molar-refractivity contribution >= 4 is 23.6 Å². The van der Waals surface area contributed by atoms with E-state index in [9.17, 15) is 19.2 Å². The molecule has 0 spiro atoms. The molecule has 1 aliphatic heterocycles. The van der Waals surface area contributed by atoms with E-state index < -0.39 is 6.04 Å². The molecule has 3 aliphatic rings. The van der Waals surface area contributed by atoms with E-state index in [1.54, 1.807) is 7.05 Å². The van der Waals surface area contributed by atoms with Crippen LogP contribution in [0.5, 0.6) is 0 Å². The van der Waals surface area contributed by atoms with E-state index in [1.807, 2.05) is 120 Å².